The maximum absolute atomic E-state index is 4.33. The van der Waals surface area contributed by atoms with Gasteiger partial charge in [0.05, 0.1) is 11.2 Å². The minimum absolute atomic E-state index is 0.434. The van der Waals surface area contributed by atoms with Crippen LogP contribution in [0, 0.1) is 5.41 Å². The number of thiazole rings is 1. The lowest BCUT2D eigenvalue weighted by atomic mass is 9.82. The van der Waals surface area contributed by atoms with Crippen molar-refractivity contribution in [1.29, 1.82) is 0 Å². The standard InChI is InChI=1S/C12H21N3S/c1-12(4-3-5-13-8-12)9-15(2)6-11-7-16-10-14-11/h7,10,13H,3-6,8-9H2,1-2H3. The fourth-order valence-corrected chi connectivity index (χ4v) is 3.10. The van der Waals surface area contributed by atoms with E-state index in [4.69, 9.17) is 0 Å². The first kappa shape index (κ1) is 12.0. The Morgan fingerprint density at radius 3 is 3.12 bits per heavy atom. The van der Waals surface area contributed by atoms with Gasteiger partial charge in [0.25, 0.3) is 0 Å². The van der Waals surface area contributed by atoms with E-state index in [0.717, 1.165) is 19.6 Å². The predicted octanol–water partition coefficient (Wildman–Crippen LogP) is 1.96. The molecule has 0 aromatic carbocycles. The van der Waals surface area contributed by atoms with Gasteiger partial charge in [-0.05, 0) is 31.8 Å². The number of nitrogens with zero attached hydrogens (tertiary/aromatic N) is 2. The highest BCUT2D eigenvalue weighted by Crippen LogP contribution is 2.26. The van der Waals surface area contributed by atoms with Crippen LogP contribution in [-0.4, -0.2) is 36.6 Å². The molecule has 0 saturated carbocycles. The van der Waals surface area contributed by atoms with Crippen molar-refractivity contribution in [2.24, 2.45) is 5.41 Å². The van der Waals surface area contributed by atoms with E-state index in [1.165, 1.54) is 25.1 Å². The lowest BCUT2D eigenvalue weighted by Crippen LogP contribution is -2.44. The normalized spacial score (nSPS) is 26.2. The van der Waals surface area contributed by atoms with E-state index in [9.17, 15) is 0 Å². The Morgan fingerprint density at radius 1 is 1.62 bits per heavy atom. The van der Waals surface area contributed by atoms with Crippen LogP contribution in [0.25, 0.3) is 0 Å². The van der Waals surface area contributed by atoms with Crippen molar-refractivity contribution in [3.63, 3.8) is 0 Å². The lowest BCUT2D eigenvalue weighted by molar-refractivity contribution is 0.148. The summed E-state index contributed by atoms with van der Waals surface area (Å²) < 4.78 is 0. The third-order valence-corrected chi connectivity index (χ3v) is 3.89. The van der Waals surface area contributed by atoms with Gasteiger partial charge < -0.3 is 5.32 Å². The number of hydrogen-bond acceptors (Lipinski definition) is 4. The van der Waals surface area contributed by atoms with Crippen LogP contribution in [0.2, 0.25) is 0 Å². The molecule has 3 nitrogen and oxygen atoms in total. The van der Waals surface area contributed by atoms with Crippen LogP contribution < -0.4 is 5.32 Å². The van der Waals surface area contributed by atoms with Gasteiger partial charge in [0, 0.05) is 25.0 Å². The summed E-state index contributed by atoms with van der Waals surface area (Å²) in [4.78, 5) is 6.72. The molecule has 4 heteroatoms. The predicted molar refractivity (Wildman–Crippen MR) is 68.7 cm³/mol. The van der Waals surface area contributed by atoms with Crippen molar-refractivity contribution < 1.29 is 0 Å². The Balaban J connectivity index is 1.84. The minimum Gasteiger partial charge on any atom is -0.316 e. The van der Waals surface area contributed by atoms with Crippen LogP contribution >= 0.6 is 11.3 Å². The van der Waals surface area contributed by atoms with Crippen LogP contribution in [0.5, 0.6) is 0 Å². The third kappa shape index (κ3) is 3.27. The first-order valence-corrected chi connectivity index (χ1v) is 6.89. The van der Waals surface area contributed by atoms with E-state index < -0.39 is 0 Å². The highest BCUT2D eigenvalue weighted by atomic mass is 32.1. The van der Waals surface area contributed by atoms with Crippen molar-refractivity contribution >= 4 is 11.3 Å². The third-order valence-electron chi connectivity index (χ3n) is 3.25. The number of rotatable bonds is 4. The van der Waals surface area contributed by atoms with Crippen molar-refractivity contribution in [1.82, 2.24) is 15.2 Å². The fraction of sp³-hybridized carbons (Fsp3) is 0.750. The van der Waals surface area contributed by atoms with Crippen molar-refractivity contribution in [2.75, 3.05) is 26.7 Å². The van der Waals surface area contributed by atoms with Crippen LogP contribution in [0.1, 0.15) is 25.5 Å². The van der Waals surface area contributed by atoms with Gasteiger partial charge >= 0.3 is 0 Å². The van der Waals surface area contributed by atoms with Crippen molar-refractivity contribution in [3.05, 3.63) is 16.6 Å². The van der Waals surface area contributed by atoms with E-state index in [1.54, 1.807) is 11.3 Å². The molecule has 1 aliphatic heterocycles. The average molecular weight is 239 g/mol. The first-order valence-electron chi connectivity index (χ1n) is 5.94. The molecule has 1 fully saturated rings. The molecule has 2 heterocycles. The van der Waals surface area contributed by atoms with Crippen LogP contribution in [0.3, 0.4) is 0 Å². The highest BCUT2D eigenvalue weighted by Gasteiger charge is 2.27. The summed E-state index contributed by atoms with van der Waals surface area (Å²) in [5, 5.41) is 5.64. The van der Waals surface area contributed by atoms with Gasteiger partial charge in [-0.3, -0.25) is 4.90 Å². The molecule has 0 radical (unpaired) electrons. The topological polar surface area (TPSA) is 28.2 Å². The number of nitrogens with one attached hydrogen (secondary N) is 1. The van der Waals surface area contributed by atoms with Gasteiger partial charge in [0.2, 0.25) is 0 Å². The molecule has 1 aromatic rings. The lowest BCUT2D eigenvalue weighted by Gasteiger charge is -2.37. The second kappa shape index (κ2) is 5.25. The molecule has 1 unspecified atom stereocenters. The number of piperidine rings is 1. The Bertz CT molecular complexity index is 304. The van der Waals surface area contributed by atoms with Gasteiger partial charge in [-0.1, -0.05) is 6.92 Å². The first-order chi connectivity index (χ1) is 7.68. The summed E-state index contributed by atoms with van der Waals surface area (Å²) in [5.74, 6) is 0. The molecule has 0 aliphatic carbocycles. The van der Waals surface area contributed by atoms with E-state index in [2.05, 4.69) is 34.6 Å². The van der Waals surface area contributed by atoms with Crippen LogP contribution in [0.15, 0.2) is 10.9 Å². The minimum atomic E-state index is 0.434. The second-order valence-corrected chi connectivity index (χ2v) is 5.96. The molecule has 2 rings (SSSR count). The highest BCUT2D eigenvalue weighted by molar-refractivity contribution is 7.07. The second-order valence-electron chi connectivity index (χ2n) is 5.24. The molecular formula is C12H21N3S. The largest absolute Gasteiger partial charge is 0.316 e. The van der Waals surface area contributed by atoms with Crippen molar-refractivity contribution in [2.45, 2.75) is 26.3 Å². The molecule has 0 bridgehead atoms. The summed E-state index contributed by atoms with van der Waals surface area (Å²) in [6, 6.07) is 0. The Kier molecular flexibility index (Phi) is 3.95. The molecule has 0 spiro atoms. The molecule has 1 aliphatic rings. The Hall–Kier alpha value is -0.450. The molecule has 16 heavy (non-hydrogen) atoms. The van der Waals surface area contributed by atoms with Crippen LogP contribution in [-0.2, 0) is 6.54 Å². The van der Waals surface area contributed by atoms with E-state index in [-0.39, 0.29) is 0 Å². The molecule has 90 valence electrons. The number of hydrogen-bond donors (Lipinski definition) is 1. The van der Waals surface area contributed by atoms with Gasteiger partial charge in [-0.15, -0.1) is 11.3 Å². The van der Waals surface area contributed by atoms with Gasteiger partial charge in [0.1, 0.15) is 0 Å². The molecule has 1 N–H and O–H groups in total. The zero-order valence-electron chi connectivity index (χ0n) is 10.2. The maximum Gasteiger partial charge on any atom is 0.0795 e. The zero-order valence-corrected chi connectivity index (χ0v) is 11.0. The Morgan fingerprint density at radius 2 is 2.50 bits per heavy atom. The zero-order chi connectivity index (χ0) is 11.4. The molecular weight excluding hydrogens is 218 g/mol. The van der Waals surface area contributed by atoms with Gasteiger partial charge in [-0.25, -0.2) is 4.98 Å². The van der Waals surface area contributed by atoms with E-state index in [1.807, 2.05) is 5.51 Å². The summed E-state index contributed by atoms with van der Waals surface area (Å²) in [5.41, 5.74) is 3.54. The molecule has 0 amide bonds. The maximum atomic E-state index is 4.33. The molecule has 1 aromatic heterocycles. The molecule has 1 atom stereocenters. The van der Waals surface area contributed by atoms with Gasteiger partial charge in [-0.2, -0.15) is 0 Å². The van der Waals surface area contributed by atoms with Crippen molar-refractivity contribution in [3.8, 4) is 0 Å². The smallest absolute Gasteiger partial charge is 0.0795 e. The van der Waals surface area contributed by atoms with Crippen LogP contribution in [0.4, 0.5) is 0 Å². The SMILES string of the molecule is CN(Cc1cscn1)CC1(C)CCCNC1. The number of aromatic nitrogens is 1. The van der Waals surface area contributed by atoms with E-state index >= 15 is 0 Å². The van der Waals surface area contributed by atoms with Gasteiger partial charge in [0.15, 0.2) is 0 Å². The summed E-state index contributed by atoms with van der Waals surface area (Å²) in [6.07, 6.45) is 2.64. The fourth-order valence-electron chi connectivity index (χ4n) is 2.55. The summed E-state index contributed by atoms with van der Waals surface area (Å²) in [7, 11) is 2.19. The average Bonchev–Trinajstić information content (AvgIpc) is 2.70. The monoisotopic (exact) mass is 239 g/mol. The summed E-state index contributed by atoms with van der Waals surface area (Å²) in [6.45, 7) is 6.84. The molecule has 1 saturated heterocycles. The Labute approximate surface area is 102 Å². The summed E-state index contributed by atoms with van der Waals surface area (Å²) >= 11 is 1.68. The quantitative estimate of drug-likeness (QED) is 0.870. The van der Waals surface area contributed by atoms with E-state index in [0.29, 0.717) is 5.41 Å².